The summed E-state index contributed by atoms with van der Waals surface area (Å²) in [5, 5.41) is 9.32. The van der Waals surface area contributed by atoms with Gasteiger partial charge in [-0.05, 0) is 18.2 Å². The molecule has 0 bridgehead atoms. The average molecular weight is 251 g/mol. The standard InChI is InChI=1S/C12H17N3O3/c13-10-5-8(12(14)17)1-2-11(10)15-3-4-18-7-9(15)6-16/h1-2,5,9,16H,3-4,6-7,13H2,(H2,14,17). The number of aliphatic hydroxyl groups is 1. The Labute approximate surface area is 105 Å². The zero-order chi connectivity index (χ0) is 13.1. The topological polar surface area (TPSA) is 102 Å². The van der Waals surface area contributed by atoms with Gasteiger partial charge in [-0.2, -0.15) is 0 Å². The lowest BCUT2D eigenvalue weighted by Gasteiger charge is -2.37. The van der Waals surface area contributed by atoms with Crippen LogP contribution in [0.1, 0.15) is 10.4 Å². The van der Waals surface area contributed by atoms with Crippen LogP contribution >= 0.6 is 0 Å². The normalized spacial score (nSPS) is 19.8. The molecule has 1 aromatic rings. The van der Waals surface area contributed by atoms with Crippen molar-refractivity contribution >= 4 is 17.3 Å². The Balaban J connectivity index is 2.29. The van der Waals surface area contributed by atoms with Crippen LogP contribution in [0.2, 0.25) is 0 Å². The van der Waals surface area contributed by atoms with E-state index in [0.717, 1.165) is 5.69 Å². The number of rotatable bonds is 3. The molecule has 1 amide bonds. The van der Waals surface area contributed by atoms with Gasteiger partial charge in [-0.1, -0.05) is 0 Å². The third-order valence-electron chi connectivity index (χ3n) is 3.06. The van der Waals surface area contributed by atoms with Crippen LogP contribution < -0.4 is 16.4 Å². The number of primary amides is 1. The van der Waals surface area contributed by atoms with Crippen molar-refractivity contribution < 1.29 is 14.6 Å². The summed E-state index contributed by atoms with van der Waals surface area (Å²) < 4.78 is 5.31. The molecule has 0 spiro atoms. The minimum Gasteiger partial charge on any atom is -0.397 e. The first-order chi connectivity index (χ1) is 8.63. The molecule has 0 aliphatic carbocycles. The Kier molecular flexibility index (Phi) is 3.69. The molecular weight excluding hydrogens is 234 g/mol. The van der Waals surface area contributed by atoms with Gasteiger partial charge in [-0.3, -0.25) is 4.79 Å². The van der Waals surface area contributed by atoms with E-state index in [9.17, 15) is 9.90 Å². The van der Waals surface area contributed by atoms with E-state index in [4.69, 9.17) is 16.2 Å². The van der Waals surface area contributed by atoms with E-state index in [2.05, 4.69) is 0 Å². The van der Waals surface area contributed by atoms with E-state index < -0.39 is 5.91 Å². The molecule has 1 saturated heterocycles. The molecule has 0 aromatic heterocycles. The number of benzene rings is 1. The maximum atomic E-state index is 11.1. The summed E-state index contributed by atoms with van der Waals surface area (Å²) in [7, 11) is 0. The molecule has 18 heavy (non-hydrogen) atoms. The van der Waals surface area contributed by atoms with E-state index >= 15 is 0 Å². The highest BCUT2D eigenvalue weighted by Crippen LogP contribution is 2.27. The molecule has 0 saturated carbocycles. The molecule has 1 aliphatic rings. The van der Waals surface area contributed by atoms with Crippen molar-refractivity contribution in [1.29, 1.82) is 0 Å². The van der Waals surface area contributed by atoms with Crippen molar-refractivity contribution in [2.24, 2.45) is 5.73 Å². The van der Waals surface area contributed by atoms with E-state index in [0.29, 0.717) is 31.0 Å². The van der Waals surface area contributed by atoms with Crippen LogP contribution in [0, 0.1) is 0 Å². The average Bonchev–Trinajstić information content (AvgIpc) is 2.38. The van der Waals surface area contributed by atoms with E-state index in [1.807, 2.05) is 4.90 Å². The van der Waals surface area contributed by atoms with Gasteiger partial charge in [-0.15, -0.1) is 0 Å². The number of amides is 1. The minimum absolute atomic E-state index is 0.00297. The predicted octanol–water partition coefficient (Wildman–Crippen LogP) is -0.435. The molecule has 6 nitrogen and oxygen atoms in total. The van der Waals surface area contributed by atoms with Crippen LogP contribution in [0.3, 0.4) is 0 Å². The third-order valence-corrected chi connectivity index (χ3v) is 3.06. The maximum Gasteiger partial charge on any atom is 0.248 e. The number of nitrogens with zero attached hydrogens (tertiary/aromatic N) is 1. The Bertz CT molecular complexity index is 450. The van der Waals surface area contributed by atoms with Crippen molar-refractivity contribution in [1.82, 2.24) is 0 Å². The molecule has 98 valence electrons. The summed E-state index contributed by atoms with van der Waals surface area (Å²) in [6.45, 7) is 1.71. The fraction of sp³-hybridized carbons (Fsp3) is 0.417. The lowest BCUT2D eigenvalue weighted by Crippen LogP contribution is -2.47. The van der Waals surface area contributed by atoms with Crippen molar-refractivity contribution in [3.63, 3.8) is 0 Å². The van der Waals surface area contributed by atoms with Gasteiger partial charge in [-0.25, -0.2) is 0 Å². The second kappa shape index (κ2) is 5.24. The Morgan fingerprint density at radius 1 is 1.56 bits per heavy atom. The predicted molar refractivity (Wildman–Crippen MR) is 68.4 cm³/mol. The molecule has 5 N–H and O–H groups in total. The van der Waals surface area contributed by atoms with Gasteiger partial charge >= 0.3 is 0 Å². The Hall–Kier alpha value is -1.79. The van der Waals surface area contributed by atoms with Gasteiger partial charge in [0.15, 0.2) is 0 Å². The number of nitrogen functional groups attached to an aromatic ring is 1. The second-order valence-corrected chi connectivity index (χ2v) is 4.24. The van der Waals surface area contributed by atoms with Crippen LogP contribution in [0.4, 0.5) is 11.4 Å². The molecular formula is C12H17N3O3. The van der Waals surface area contributed by atoms with Gasteiger partial charge in [0.05, 0.1) is 37.2 Å². The lowest BCUT2D eigenvalue weighted by atomic mass is 10.1. The quantitative estimate of drug-likeness (QED) is 0.632. The van der Waals surface area contributed by atoms with Crippen LogP contribution in [0.25, 0.3) is 0 Å². The van der Waals surface area contributed by atoms with Crippen molar-refractivity contribution in [3.8, 4) is 0 Å². The lowest BCUT2D eigenvalue weighted by molar-refractivity contribution is 0.0728. The molecule has 1 aromatic carbocycles. The highest BCUT2D eigenvalue weighted by atomic mass is 16.5. The van der Waals surface area contributed by atoms with Crippen LogP contribution in [-0.4, -0.2) is 43.4 Å². The molecule has 1 atom stereocenters. The highest BCUT2D eigenvalue weighted by Gasteiger charge is 2.24. The first-order valence-corrected chi connectivity index (χ1v) is 5.78. The summed E-state index contributed by atoms with van der Waals surface area (Å²) in [6, 6.07) is 4.84. The third kappa shape index (κ3) is 2.39. The summed E-state index contributed by atoms with van der Waals surface area (Å²) in [5.41, 5.74) is 12.8. The van der Waals surface area contributed by atoms with Crippen LogP contribution in [-0.2, 0) is 4.74 Å². The summed E-state index contributed by atoms with van der Waals surface area (Å²) >= 11 is 0. The van der Waals surface area contributed by atoms with E-state index in [1.165, 1.54) is 0 Å². The van der Waals surface area contributed by atoms with Gasteiger partial charge in [0.25, 0.3) is 0 Å². The fourth-order valence-electron chi connectivity index (χ4n) is 2.09. The number of anilines is 2. The number of aliphatic hydroxyl groups excluding tert-OH is 1. The first kappa shape index (κ1) is 12.7. The summed E-state index contributed by atoms with van der Waals surface area (Å²) in [6.07, 6.45) is 0. The smallest absolute Gasteiger partial charge is 0.248 e. The molecule has 2 rings (SSSR count). The monoisotopic (exact) mass is 251 g/mol. The Morgan fingerprint density at radius 3 is 2.94 bits per heavy atom. The van der Waals surface area contributed by atoms with Gasteiger partial charge in [0.2, 0.25) is 5.91 Å². The van der Waals surface area contributed by atoms with Crippen molar-refractivity contribution in [2.75, 3.05) is 37.0 Å². The first-order valence-electron chi connectivity index (χ1n) is 5.78. The zero-order valence-electron chi connectivity index (χ0n) is 10.0. The Morgan fingerprint density at radius 2 is 2.33 bits per heavy atom. The minimum atomic E-state index is -0.506. The molecule has 0 radical (unpaired) electrons. The molecule has 1 aliphatic heterocycles. The number of morpholine rings is 1. The van der Waals surface area contributed by atoms with Gasteiger partial charge in [0, 0.05) is 12.1 Å². The highest BCUT2D eigenvalue weighted by molar-refractivity contribution is 5.94. The number of hydrogen-bond acceptors (Lipinski definition) is 5. The summed E-state index contributed by atoms with van der Waals surface area (Å²) in [5.74, 6) is -0.506. The second-order valence-electron chi connectivity index (χ2n) is 4.24. The van der Waals surface area contributed by atoms with Crippen molar-refractivity contribution in [2.45, 2.75) is 6.04 Å². The molecule has 1 heterocycles. The number of carbonyl (C=O) groups is 1. The summed E-state index contributed by atoms with van der Waals surface area (Å²) in [4.78, 5) is 13.0. The van der Waals surface area contributed by atoms with E-state index in [-0.39, 0.29) is 12.6 Å². The number of nitrogens with two attached hydrogens (primary N) is 2. The molecule has 1 unspecified atom stereocenters. The largest absolute Gasteiger partial charge is 0.397 e. The van der Waals surface area contributed by atoms with Crippen LogP contribution in [0.5, 0.6) is 0 Å². The number of ether oxygens (including phenoxy) is 1. The van der Waals surface area contributed by atoms with Gasteiger partial charge in [0.1, 0.15) is 0 Å². The number of carbonyl (C=O) groups excluding carboxylic acids is 1. The zero-order valence-corrected chi connectivity index (χ0v) is 10.0. The van der Waals surface area contributed by atoms with Crippen LogP contribution in [0.15, 0.2) is 18.2 Å². The van der Waals surface area contributed by atoms with Gasteiger partial charge < -0.3 is 26.2 Å². The molecule has 6 heteroatoms. The molecule has 1 fully saturated rings. The fourth-order valence-corrected chi connectivity index (χ4v) is 2.09. The van der Waals surface area contributed by atoms with Crippen molar-refractivity contribution in [3.05, 3.63) is 23.8 Å². The van der Waals surface area contributed by atoms with E-state index in [1.54, 1.807) is 18.2 Å². The maximum absolute atomic E-state index is 11.1. The SMILES string of the molecule is NC(=O)c1ccc(N2CCOCC2CO)c(N)c1. The number of hydrogen-bond donors (Lipinski definition) is 3.